The van der Waals surface area contributed by atoms with Crippen LogP contribution in [0, 0.1) is 5.82 Å². The topological polar surface area (TPSA) is 121 Å². The fourth-order valence-electron chi connectivity index (χ4n) is 2.30. The Morgan fingerprint density at radius 3 is 2.60 bits per heavy atom. The standard InChI is InChI=1S/C15H16FN7O2/c1-22-13(24)11-12(20-21-14(19-11)18-8-2-7-17)23(15(22)25)10-5-3-9(16)4-6-10/h3-6H,2,7-8,17H2,1H3,(H,18,19,21). The molecule has 10 heteroatoms. The molecule has 3 aromatic rings. The third-order valence-electron chi connectivity index (χ3n) is 3.62. The Morgan fingerprint density at radius 1 is 1.20 bits per heavy atom. The number of nitrogens with two attached hydrogens (primary N) is 1. The molecule has 0 amide bonds. The van der Waals surface area contributed by atoms with Crippen LogP contribution in [0.4, 0.5) is 10.3 Å². The molecule has 0 radical (unpaired) electrons. The molecule has 0 bridgehead atoms. The minimum absolute atomic E-state index is 0.00378. The summed E-state index contributed by atoms with van der Waals surface area (Å²) in [5.41, 5.74) is 4.56. The largest absolute Gasteiger partial charge is 0.353 e. The third-order valence-corrected chi connectivity index (χ3v) is 3.62. The van der Waals surface area contributed by atoms with Crippen molar-refractivity contribution >= 4 is 17.1 Å². The van der Waals surface area contributed by atoms with Gasteiger partial charge in [-0.1, -0.05) is 0 Å². The number of rotatable bonds is 5. The van der Waals surface area contributed by atoms with Crippen molar-refractivity contribution in [1.82, 2.24) is 24.3 Å². The van der Waals surface area contributed by atoms with E-state index in [-0.39, 0.29) is 17.1 Å². The molecule has 0 saturated heterocycles. The Morgan fingerprint density at radius 2 is 1.92 bits per heavy atom. The molecule has 3 rings (SSSR count). The van der Waals surface area contributed by atoms with Gasteiger partial charge in [0.25, 0.3) is 5.56 Å². The maximum Gasteiger partial charge on any atom is 0.337 e. The Balaban J connectivity index is 2.21. The molecular weight excluding hydrogens is 329 g/mol. The average molecular weight is 345 g/mol. The first-order valence-electron chi connectivity index (χ1n) is 7.59. The van der Waals surface area contributed by atoms with E-state index >= 15 is 0 Å². The van der Waals surface area contributed by atoms with Crippen LogP contribution >= 0.6 is 0 Å². The van der Waals surface area contributed by atoms with Crippen LogP contribution in [0.2, 0.25) is 0 Å². The Hall–Kier alpha value is -3.14. The lowest BCUT2D eigenvalue weighted by atomic mass is 10.3. The van der Waals surface area contributed by atoms with Gasteiger partial charge in [-0.05, 0) is 37.2 Å². The second-order valence-corrected chi connectivity index (χ2v) is 5.34. The predicted molar refractivity (Wildman–Crippen MR) is 90.3 cm³/mol. The predicted octanol–water partition coefficient (Wildman–Crippen LogP) is -0.226. The van der Waals surface area contributed by atoms with Crippen LogP contribution in [-0.4, -0.2) is 37.4 Å². The number of nitrogens with one attached hydrogen (secondary N) is 1. The van der Waals surface area contributed by atoms with Crippen molar-refractivity contribution in [1.29, 1.82) is 0 Å². The van der Waals surface area contributed by atoms with E-state index in [2.05, 4.69) is 20.5 Å². The summed E-state index contributed by atoms with van der Waals surface area (Å²) in [6.07, 6.45) is 0.703. The number of aromatic nitrogens is 5. The molecule has 2 heterocycles. The van der Waals surface area contributed by atoms with Crippen molar-refractivity contribution in [2.24, 2.45) is 12.8 Å². The van der Waals surface area contributed by atoms with Crippen LogP contribution in [0.3, 0.4) is 0 Å². The zero-order valence-electron chi connectivity index (χ0n) is 13.4. The van der Waals surface area contributed by atoms with Gasteiger partial charge >= 0.3 is 5.69 Å². The Labute approximate surface area is 140 Å². The average Bonchev–Trinajstić information content (AvgIpc) is 2.62. The molecule has 3 N–H and O–H groups in total. The molecule has 0 aliphatic carbocycles. The molecular formula is C15H16FN7O2. The van der Waals surface area contributed by atoms with E-state index in [0.717, 1.165) is 4.57 Å². The van der Waals surface area contributed by atoms with E-state index in [0.29, 0.717) is 25.2 Å². The van der Waals surface area contributed by atoms with Crippen molar-refractivity contribution in [3.63, 3.8) is 0 Å². The van der Waals surface area contributed by atoms with E-state index in [1.165, 1.54) is 35.9 Å². The monoisotopic (exact) mass is 345 g/mol. The summed E-state index contributed by atoms with van der Waals surface area (Å²) in [6.45, 7) is 1.03. The summed E-state index contributed by atoms with van der Waals surface area (Å²) in [5, 5.41) is 10.8. The van der Waals surface area contributed by atoms with Crippen molar-refractivity contribution < 1.29 is 4.39 Å². The van der Waals surface area contributed by atoms with Gasteiger partial charge in [-0.2, -0.15) is 0 Å². The van der Waals surface area contributed by atoms with E-state index in [1.807, 2.05) is 0 Å². The normalized spacial score (nSPS) is 11.0. The number of nitrogens with zero attached hydrogens (tertiary/aromatic N) is 5. The third kappa shape index (κ3) is 3.11. The van der Waals surface area contributed by atoms with Gasteiger partial charge in [-0.25, -0.2) is 18.7 Å². The number of hydrogen-bond acceptors (Lipinski definition) is 7. The lowest BCUT2D eigenvalue weighted by Crippen LogP contribution is -2.38. The highest BCUT2D eigenvalue weighted by Crippen LogP contribution is 2.12. The van der Waals surface area contributed by atoms with Gasteiger partial charge in [0.1, 0.15) is 5.82 Å². The maximum atomic E-state index is 13.2. The molecule has 0 spiro atoms. The van der Waals surface area contributed by atoms with Crippen LogP contribution in [0.15, 0.2) is 33.9 Å². The molecule has 0 fully saturated rings. The molecule has 2 aromatic heterocycles. The molecule has 25 heavy (non-hydrogen) atoms. The van der Waals surface area contributed by atoms with Gasteiger partial charge in [0.05, 0.1) is 5.69 Å². The second-order valence-electron chi connectivity index (χ2n) is 5.34. The molecule has 130 valence electrons. The van der Waals surface area contributed by atoms with E-state index in [9.17, 15) is 14.0 Å². The highest BCUT2D eigenvalue weighted by atomic mass is 19.1. The molecule has 0 atom stereocenters. The number of halogens is 1. The molecule has 0 saturated carbocycles. The zero-order chi connectivity index (χ0) is 18.0. The summed E-state index contributed by atoms with van der Waals surface area (Å²) >= 11 is 0. The van der Waals surface area contributed by atoms with E-state index < -0.39 is 17.1 Å². The van der Waals surface area contributed by atoms with E-state index in [4.69, 9.17) is 5.73 Å². The number of benzene rings is 1. The van der Waals surface area contributed by atoms with Crippen LogP contribution in [0.25, 0.3) is 16.9 Å². The van der Waals surface area contributed by atoms with Gasteiger partial charge < -0.3 is 11.1 Å². The molecule has 0 aliphatic heterocycles. The van der Waals surface area contributed by atoms with Crippen molar-refractivity contribution in [2.45, 2.75) is 6.42 Å². The second kappa shape index (κ2) is 6.77. The summed E-state index contributed by atoms with van der Waals surface area (Å²) in [5.74, 6) is -0.274. The highest BCUT2D eigenvalue weighted by Gasteiger charge is 2.16. The Bertz CT molecular complexity index is 1030. The van der Waals surface area contributed by atoms with Crippen LogP contribution < -0.4 is 22.3 Å². The van der Waals surface area contributed by atoms with Gasteiger partial charge in [0, 0.05) is 13.6 Å². The highest BCUT2D eigenvalue weighted by molar-refractivity contribution is 5.71. The van der Waals surface area contributed by atoms with Crippen LogP contribution in [0.5, 0.6) is 0 Å². The molecule has 0 unspecified atom stereocenters. The fourth-order valence-corrected chi connectivity index (χ4v) is 2.30. The fraction of sp³-hybridized carbons (Fsp3) is 0.267. The van der Waals surface area contributed by atoms with Crippen molar-refractivity contribution in [3.05, 3.63) is 50.9 Å². The van der Waals surface area contributed by atoms with Crippen molar-refractivity contribution in [2.75, 3.05) is 18.4 Å². The number of anilines is 1. The van der Waals surface area contributed by atoms with Crippen LogP contribution in [0.1, 0.15) is 6.42 Å². The first kappa shape index (κ1) is 16.7. The van der Waals surface area contributed by atoms with Gasteiger partial charge in [0.15, 0.2) is 11.2 Å². The SMILES string of the molecule is Cn1c(=O)c2nc(NCCCN)nnc2n(-c2ccc(F)cc2)c1=O. The smallest absolute Gasteiger partial charge is 0.337 e. The minimum Gasteiger partial charge on any atom is -0.353 e. The summed E-state index contributed by atoms with van der Waals surface area (Å²) in [6, 6.07) is 5.25. The van der Waals surface area contributed by atoms with Gasteiger partial charge in [-0.15, -0.1) is 10.2 Å². The molecule has 1 aromatic carbocycles. The van der Waals surface area contributed by atoms with Crippen LogP contribution in [-0.2, 0) is 7.05 Å². The lowest BCUT2D eigenvalue weighted by Gasteiger charge is -2.11. The molecule has 0 aliphatic rings. The van der Waals surface area contributed by atoms with E-state index in [1.54, 1.807) is 0 Å². The lowest BCUT2D eigenvalue weighted by molar-refractivity contribution is 0.627. The molecule has 9 nitrogen and oxygen atoms in total. The van der Waals surface area contributed by atoms with Gasteiger partial charge in [-0.3, -0.25) is 9.36 Å². The first-order chi connectivity index (χ1) is 12.0. The first-order valence-corrected chi connectivity index (χ1v) is 7.59. The minimum atomic E-state index is -0.621. The maximum absolute atomic E-state index is 13.2. The quantitative estimate of drug-likeness (QED) is 0.613. The zero-order valence-corrected chi connectivity index (χ0v) is 13.4. The Kier molecular flexibility index (Phi) is 4.52. The summed E-state index contributed by atoms with van der Waals surface area (Å²) in [7, 11) is 1.34. The summed E-state index contributed by atoms with van der Waals surface area (Å²) < 4.78 is 15.2. The van der Waals surface area contributed by atoms with Crippen molar-refractivity contribution in [3.8, 4) is 5.69 Å². The summed E-state index contributed by atoms with van der Waals surface area (Å²) in [4.78, 5) is 29.0. The number of hydrogen-bond donors (Lipinski definition) is 2. The number of fused-ring (bicyclic) bond motifs is 1. The van der Waals surface area contributed by atoms with Gasteiger partial charge in [0.2, 0.25) is 5.95 Å².